The van der Waals surface area contributed by atoms with Gasteiger partial charge in [-0.1, -0.05) is 20.8 Å². The van der Waals surface area contributed by atoms with E-state index in [0.29, 0.717) is 13.2 Å². The van der Waals surface area contributed by atoms with E-state index in [1.807, 2.05) is 20.8 Å². The van der Waals surface area contributed by atoms with Gasteiger partial charge in [0, 0.05) is 25.2 Å². The summed E-state index contributed by atoms with van der Waals surface area (Å²) in [6, 6.07) is 0.00329. The molecular weight excluding hydrogens is 234 g/mol. The molecule has 0 spiro atoms. The number of carboxylic acid groups (broad SMARTS) is 1. The van der Waals surface area contributed by atoms with Gasteiger partial charge in [-0.2, -0.15) is 0 Å². The number of nitrogens with zero attached hydrogens (tertiary/aromatic N) is 1. The van der Waals surface area contributed by atoms with Crippen molar-refractivity contribution in [1.82, 2.24) is 4.90 Å². The Morgan fingerprint density at radius 2 is 1.83 bits per heavy atom. The SMILES string of the molecule is CC(C)[C@H](C)C(=O)N(CC(=O)O)C1CCOCC1. The zero-order chi connectivity index (χ0) is 13.7. The largest absolute Gasteiger partial charge is 0.480 e. The van der Waals surface area contributed by atoms with Gasteiger partial charge in [0.25, 0.3) is 0 Å². The minimum Gasteiger partial charge on any atom is -0.480 e. The van der Waals surface area contributed by atoms with Crippen molar-refractivity contribution in [3.05, 3.63) is 0 Å². The quantitative estimate of drug-likeness (QED) is 0.807. The first-order valence-corrected chi connectivity index (χ1v) is 6.53. The van der Waals surface area contributed by atoms with Crippen LogP contribution < -0.4 is 0 Å². The molecule has 1 amide bonds. The first-order valence-electron chi connectivity index (χ1n) is 6.53. The summed E-state index contributed by atoms with van der Waals surface area (Å²) >= 11 is 0. The molecule has 0 radical (unpaired) electrons. The molecule has 0 aromatic carbocycles. The molecular formula is C13H23NO4. The third-order valence-electron chi connectivity index (χ3n) is 3.61. The minimum atomic E-state index is -0.953. The lowest BCUT2D eigenvalue weighted by atomic mass is 9.95. The maximum absolute atomic E-state index is 12.3. The van der Waals surface area contributed by atoms with Crippen LogP contribution >= 0.6 is 0 Å². The number of carboxylic acids is 1. The predicted molar refractivity (Wildman–Crippen MR) is 67.2 cm³/mol. The van der Waals surface area contributed by atoms with E-state index < -0.39 is 5.97 Å². The fraction of sp³-hybridized carbons (Fsp3) is 0.846. The highest BCUT2D eigenvalue weighted by molar-refractivity contribution is 5.83. The van der Waals surface area contributed by atoms with Crippen LogP contribution in [0, 0.1) is 11.8 Å². The predicted octanol–water partition coefficient (Wildman–Crippen LogP) is 1.37. The summed E-state index contributed by atoms with van der Waals surface area (Å²) in [6.07, 6.45) is 1.45. The van der Waals surface area contributed by atoms with Crippen LogP contribution in [-0.4, -0.2) is 47.7 Å². The fourth-order valence-electron chi connectivity index (χ4n) is 2.08. The number of carbonyl (C=O) groups is 2. The van der Waals surface area contributed by atoms with E-state index >= 15 is 0 Å². The van der Waals surface area contributed by atoms with Crippen molar-refractivity contribution in [2.75, 3.05) is 19.8 Å². The maximum atomic E-state index is 12.3. The van der Waals surface area contributed by atoms with Gasteiger partial charge in [0.15, 0.2) is 0 Å². The van der Waals surface area contributed by atoms with Crippen LogP contribution in [0.4, 0.5) is 0 Å². The molecule has 1 saturated heterocycles. The summed E-state index contributed by atoms with van der Waals surface area (Å²) < 4.78 is 5.26. The lowest BCUT2D eigenvalue weighted by Gasteiger charge is -2.35. The van der Waals surface area contributed by atoms with Crippen molar-refractivity contribution in [2.45, 2.75) is 39.7 Å². The third-order valence-corrected chi connectivity index (χ3v) is 3.61. The van der Waals surface area contributed by atoms with E-state index in [0.717, 1.165) is 12.8 Å². The summed E-state index contributed by atoms with van der Waals surface area (Å²) in [4.78, 5) is 24.8. The molecule has 1 fully saturated rings. The fourth-order valence-corrected chi connectivity index (χ4v) is 2.08. The summed E-state index contributed by atoms with van der Waals surface area (Å²) in [6.45, 7) is 6.81. The molecule has 1 rings (SSSR count). The van der Waals surface area contributed by atoms with E-state index in [1.165, 1.54) is 4.90 Å². The van der Waals surface area contributed by atoms with Gasteiger partial charge in [-0.15, -0.1) is 0 Å². The molecule has 0 bridgehead atoms. The van der Waals surface area contributed by atoms with Crippen LogP contribution in [-0.2, 0) is 14.3 Å². The van der Waals surface area contributed by atoms with Crippen LogP contribution in [0.1, 0.15) is 33.6 Å². The van der Waals surface area contributed by atoms with E-state index in [9.17, 15) is 9.59 Å². The Hall–Kier alpha value is -1.10. The highest BCUT2D eigenvalue weighted by atomic mass is 16.5. The molecule has 104 valence electrons. The molecule has 1 aliphatic heterocycles. The van der Waals surface area contributed by atoms with Crippen molar-refractivity contribution in [3.8, 4) is 0 Å². The topological polar surface area (TPSA) is 66.8 Å². The molecule has 0 saturated carbocycles. The van der Waals surface area contributed by atoms with Crippen LogP contribution in [0.25, 0.3) is 0 Å². The van der Waals surface area contributed by atoms with Gasteiger partial charge in [-0.05, 0) is 18.8 Å². The Morgan fingerprint density at radius 3 is 2.28 bits per heavy atom. The van der Waals surface area contributed by atoms with E-state index in [-0.39, 0.29) is 30.3 Å². The van der Waals surface area contributed by atoms with E-state index in [4.69, 9.17) is 9.84 Å². The van der Waals surface area contributed by atoms with Gasteiger partial charge in [0.1, 0.15) is 6.54 Å². The standard InChI is InChI=1S/C13H23NO4/c1-9(2)10(3)13(17)14(8-12(15)16)11-4-6-18-7-5-11/h9-11H,4-8H2,1-3H3,(H,15,16)/t10-/m0/s1. The van der Waals surface area contributed by atoms with Crippen molar-refractivity contribution in [2.24, 2.45) is 11.8 Å². The molecule has 0 aromatic rings. The second-order valence-electron chi connectivity index (χ2n) is 5.24. The highest BCUT2D eigenvalue weighted by Crippen LogP contribution is 2.20. The first kappa shape index (κ1) is 15.0. The zero-order valence-electron chi connectivity index (χ0n) is 11.4. The Bertz CT molecular complexity index is 297. The molecule has 18 heavy (non-hydrogen) atoms. The highest BCUT2D eigenvalue weighted by Gasteiger charge is 2.31. The number of rotatable bonds is 5. The monoisotopic (exact) mass is 257 g/mol. The molecule has 5 nitrogen and oxygen atoms in total. The summed E-state index contributed by atoms with van der Waals surface area (Å²) in [5.74, 6) is -0.939. The van der Waals surface area contributed by atoms with E-state index in [1.54, 1.807) is 0 Å². The number of hydrogen-bond acceptors (Lipinski definition) is 3. The maximum Gasteiger partial charge on any atom is 0.323 e. The number of aliphatic carboxylic acids is 1. The molecule has 0 aromatic heterocycles. The number of carbonyl (C=O) groups excluding carboxylic acids is 1. The van der Waals surface area contributed by atoms with Crippen LogP contribution in [0.2, 0.25) is 0 Å². The normalized spacial score (nSPS) is 18.7. The smallest absolute Gasteiger partial charge is 0.323 e. The summed E-state index contributed by atoms with van der Waals surface area (Å²) in [5.41, 5.74) is 0. The van der Waals surface area contributed by atoms with Gasteiger partial charge >= 0.3 is 5.97 Å². The van der Waals surface area contributed by atoms with Crippen LogP contribution in [0.15, 0.2) is 0 Å². The molecule has 0 unspecified atom stereocenters. The van der Waals surface area contributed by atoms with Gasteiger partial charge in [0.05, 0.1) is 0 Å². The van der Waals surface area contributed by atoms with E-state index in [2.05, 4.69) is 0 Å². The number of ether oxygens (including phenoxy) is 1. The van der Waals surface area contributed by atoms with Gasteiger partial charge in [0.2, 0.25) is 5.91 Å². The Kier molecular flexibility index (Phi) is 5.59. The van der Waals surface area contributed by atoms with Crippen molar-refractivity contribution in [1.29, 1.82) is 0 Å². The zero-order valence-corrected chi connectivity index (χ0v) is 11.4. The van der Waals surface area contributed by atoms with Crippen LogP contribution in [0.5, 0.6) is 0 Å². The number of hydrogen-bond donors (Lipinski definition) is 1. The summed E-state index contributed by atoms with van der Waals surface area (Å²) in [7, 11) is 0. The third kappa shape index (κ3) is 3.98. The first-order chi connectivity index (χ1) is 8.43. The summed E-state index contributed by atoms with van der Waals surface area (Å²) in [5, 5.41) is 8.96. The number of amides is 1. The average molecular weight is 257 g/mol. The Labute approximate surface area is 108 Å². The van der Waals surface area contributed by atoms with Gasteiger partial charge in [-0.25, -0.2) is 0 Å². The Morgan fingerprint density at radius 1 is 1.28 bits per heavy atom. The average Bonchev–Trinajstić information content (AvgIpc) is 2.35. The second kappa shape index (κ2) is 6.73. The molecule has 1 heterocycles. The second-order valence-corrected chi connectivity index (χ2v) is 5.24. The minimum absolute atomic E-state index is 0.00329. The molecule has 5 heteroatoms. The van der Waals surface area contributed by atoms with Crippen molar-refractivity contribution < 1.29 is 19.4 Å². The molecule has 0 aliphatic carbocycles. The Balaban J connectivity index is 2.76. The van der Waals surface area contributed by atoms with Crippen molar-refractivity contribution >= 4 is 11.9 Å². The lowest BCUT2D eigenvalue weighted by molar-refractivity contribution is -0.150. The lowest BCUT2D eigenvalue weighted by Crippen LogP contribution is -2.48. The molecule has 1 atom stereocenters. The van der Waals surface area contributed by atoms with Gasteiger partial charge in [-0.3, -0.25) is 9.59 Å². The molecule has 1 N–H and O–H groups in total. The van der Waals surface area contributed by atoms with Crippen molar-refractivity contribution in [3.63, 3.8) is 0 Å². The van der Waals surface area contributed by atoms with Crippen LogP contribution in [0.3, 0.4) is 0 Å². The molecule has 1 aliphatic rings. The van der Waals surface area contributed by atoms with Gasteiger partial charge < -0.3 is 14.7 Å².